The number of hydrogen-bond acceptors (Lipinski definition) is 2. The first-order valence-electron chi connectivity index (χ1n) is 3.67. The molecule has 0 fully saturated rings. The van der Waals surface area contributed by atoms with Crippen LogP contribution in [0.4, 0.5) is 5.69 Å². The van der Waals surface area contributed by atoms with Crippen LogP contribution in [0, 0.1) is 37.0 Å². The van der Waals surface area contributed by atoms with Crippen molar-refractivity contribution < 1.29 is 4.92 Å². The molecule has 0 unspecified atom stereocenters. The quantitative estimate of drug-likeness (QED) is 0.472. The topological polar surface area (TPSA) is 43.1 Å². The number of aryl methyl sites for hydroxylation is 3. The van der Waals surface area contributed by atoms with Crippen LogP contribution in [-0.4, -0.2) is 4.92 Å². The van der Waals surface area contributed by atoms with Gasteiger partial charge in [-0.25, -0.2) is 0 Å². The average Bonchev–Trinajstić information content (AvgIpc) is 1.82. The first-order valence-corrected chi connectivity index (χ1v) is 3.67. The molecule has 0 amide bonds. The minimum absolute atomic E-state index is 0.181. The summed E-state index contributed by atoms with van der Waals surface area (Å²) in [5.41, 5.74) is 2.43. The van der Waals surface area contributed by atoms with E-state index in [1.54, 1.807) is 19.9 Å². The first-order chi connectivity index (χ1) is 5.52. The van der Waals surface area contributed by atoms with Crippen molar-refractivity contribution in [2.24, 2.45) is 0 Å². The predicted octanol–water partition coefficient (Wildman–Crippen LogP) is 2.32. The van der Waals surface area contributed by atoms with Crippen LogP contribution >= 0.6 is 0 Å². The van der Waals surface area contributed by atoms with Crippen molar-refractivity contribution >= 4 is 5.69 Å². The second kappa shape index (κ2) is 2.93. The van der Waals surface area contributed by atoms with Crippen molar-refractivity contribution in [3.8, 4) is 0 Å². The highest BCUT2D eigenvalue weighted by Crippen LogP contribution is 2.23. The Morgan fingerprint density at radius 2 is 2.00 bits per heavy atom. The summed E-state index contributed by atoms with van der Waals surface area (Å²) < 4.78 is 0. The third kappa shape index (κ3) is 1.44. The maximum absolute atomic E-state index is 10.5. The number of nitrogens with zero attached hydrogens (tertiary/aromatic N) is 1. The van der Waals surface area contributed by atoms with Crippen molar-refractivity contribution in [1.82, 2.24) is 0 Å². The number of nitro groups is 1. The van der Waals surface area contributed by atoms with Gasteiger partial charge in [-0.05, 0) is 38.5 Å². The van der Waals surface area contributed by atoms with E-state index in [2.05, 4.69) is 6.07 Å². The zero-order valence-electron chi connectivity index (χ0n) is 7.34. The lowest BCUT2D eigenvalue weighted by Crippen LogP contribution is -1.95. The molecule has 0 saturated carbocycles. The van der Waals surface area contributed by atoms with Gasteiger partial charge in [0.15, 0.2) is 0 Å². The number of rotatable bonds is 1. The van der Waals surface area contributed by atoms with Gasteiger partial charge >= 0.3 is 0 Å². The summed E-state index contributed by atoms with van der Waals surface area (Å²) in [6.45, 7) is 5.33. The average molecular weight is 164 g/mol. The van der Waals surface area contributed by atoms with E-state index >= 15 is 0 Å². The van der Waals surface area contributed by atoms with Crippen molar-refractivity contribution in [3.63, 3.8) is 0 Å². The molecule has 0 saturated heterocycles. The predicted molar refractivity (Wildman–Crippen MR) is 46.1 cm³/mol. The van der Waals surface area contributed by atoms with Crippen LogP contribution in [0.15, 0.2) is 6.07 Å². The molecule has 0 atom stereocenters. The van der Waals surface area contributed by atoms with Gasteiger partial charge in [-0.15, -0.1) is 0 Å². The summed E-state index contributed by atoms with van der Waals surface area (Å²) in [6.07, 6.45) is 0. The van der Waals surface area contributed by atoms with E-state index < -0.39 is 0 Å². The Morgan fingerprint density at radius 1 is 1.42 bits per heavy atom. The summed E-state index contributed by atoms with van der Waals surface area (Å²) in [5, 5.41) is 10.5. The maximum Gasteiger partial charge on any atom is 0.275 e. The molecule has 3 heteroatoms. The minimum Gasteiger partial charge on any atom is -0.258 e. The van der Waals surface area contributed by atoms with Crippen LogP contribution < -0.4 is 0 Å². The van der Waals surface area contributed by atoms with Gasteiger partial charge in [0, 0.05) is 11.1 Å². The Morgan fingerprint density at radius 3 is 2.42 bits per heavy atom. The summed E-state index contributed by atoms with van der Waals surface area (Å²) in [5.74, 6) is 0. The Bertz CT molecular complexity index is 308. The number of benzene rings is 1. The molecule has 12 heavy (non-hydrogen) atoms. The normalized spacial score (nSPS) is 9.92. The van der Waals surface area contributed by atoms with Crippen LogP contribution in [-0.2, 0) is 0 Å². The third-order valence-corrected chi connectivity index (χ3v) is 1.73. The molecule has 0 aliphatic heterocycles. The van der Waals surface area contributed by atoms with E-state index in [9.17, 15) is 10.1 Å². The lowest BCUT2D eigenvalue weighted by molar-refractivity contribution is -0.386. The van der Waals surface area contributed by atoms with Gasteiger partial charge < -0.3 is 0 Å². The molecule has 0 aromatic heterocycles. The molecule has 0 N–H and O–H groups in total. The molecular formula is C9H10NO2. The molecule has 63 valence electrons. The van der Waals surface area contributed by atoms with Crippen molar-refractivity contribution in [1.29, 1.82) is 0 Å². The molecule has 1 aromatic carbocycles. The monoisotopic (exact) mass is 164 g/mol. The highest BCUT2D eigenvalue weighted by atomic mass is 16.6. The molecule has 1 aromatic rings. The van der Waals surface area contributed by atoms with Gasteiger partial charge in [-0.3, -0.25) is 10.1 Å². The Balaban J connectivity index is 3.38. The van der Waals surface area contributed by atoms with E-state index in [1.165, 1.54) is 0 Å². The second-order valence-electron chi connectivity index (χ2n) is 2.87. The third-order valence-electron chi connectivity index (χ3n) is 1.73. The van der Waals surface area contributed by atoms with Crippen LogP contribution in [0.25, 0.3) is 0 Å². The molecule has 0 aliphatic carbocycles. The SMILES string of the molecule is Cc1[c]c(C)c([N+](=O)[O-])c(C)c1. The molecule has 3 nitrogen and oxygen atoms in total. The Kier molecular flexibility index (Phi) is 2.13. The second-order valence-corrected chi connectivity index (χ2v) is 2.87. The van der Waals surface area contributed by atoms with Crippen LogP contribution in [0.3, 0.4) is 0 Å². The molecule has 0 heterocycles. The van der Waals surface area contributed by atoms with Crippen LogP contribution in [0.1, 0.15) is 16.7 Å². The van der Waals surface area contributed by atoms with E-state index in [0.717, 1.165) is 5.56 Å². The van der Waals surface area contributed by atoms with Crippen molar-refractivity contribution in [2.45, 2.75) is 20.8 Å². The number of hydrogen-bond donors (Lipinski definition) is 0. The van der Waals surface area contributed by atoms with Crippen molar-refractivity contribution in [2.75, 3.05) is 0 Å². The van der Waals surface area contributed by atoms with Gasteiger partial charge in [-0.1, -0.05) is 0 Å². The number of nitro benzene ring substituents is 1. The molecular weight excluding hydrogens is 154 g/mol. The zero-order chi connectivity index (χ0) is 9.30. The standard InChI is InChI=1S/C9H10NO2/c1-6-4-7(2)9(10(11)12)8(3)5-6/h4H,1-3H3. The summed E-state index contributed by atoms with van der Waals surface area (Å²) in [7, 11) is 0. The van der Waals surface area contributed by atoms with Gasteiger partial charge in [0.2, 0.25) is 0 Å². The zero-order valence-corrected chi connectivity index (χ0v) is 7.34. The molecule has 1 radical (unpaired) electrons. The van der Waals surface area contributed by atoms with E-state index in [0.29, 0.717) is 11.1 Å². The molecule has 0 aliphatic rings. The lowest BCUT2D eigenvalue weighted by Gasteiger charge is -2.01. The van der Waals surface area contributed by atoms with E-state index in [-0.39, 0.29) is 10.6 Å². The fourth-order valence-corrected chi connectivity index (χ4v) is 1.36. The Labute approximate surface area is 71.2 Å². The largest absolute Gasteiger partial charge is 0.275 e. The smallest absolute Gasteiger partial charge is 0.258 e. The van der Waals surface area contributed by atoms with Crippen LogP contribution in [0.5, 0.6) is 0 Å². The van der Waals surface area contributed by atoms with Gasteiger partial charge in [0.25, 0.3) is 5.69 Å². The van der Waals surface area contributed by atoms with Gasteiger partial charge in [0.05, 0.1) is 4.92 Å². The summed E-state index contributed by atoms with van der Waals surface area (Å²) in [4.78, 5) is 10.2. The van der Waals surface area contributed by atoms with Gasteiger partial charge in [-0.2, -0.15) is 0 Å². The lowest BCUT2D eigenvalue weighted by atomic mass is 10.1. The first kappa shape index (κ1) is 8.71. The van der Waals surface area contributed by atoms with Gasteiger partial charge in [0.1, 0.15) is 0 Å². The minimum atomic E-state index is -0.361. The van der Waals surface area contributed by atoms with Crippen LogP contribution in [0.2, 0.25) is 0 Å². The summed E-state index contributed by atoms with van der Waals surface area (Å²) in [6, 6.07) is 4.69. The fourth-order valence-electron chi connectivity index (χ4n) is 1.36. The van der Waals surface area contributed by atoms with Crippen molar-refractivity contribution in [3.05, 3.63) is 38.9 Å². The van der Waals surface area contributed by atoms with E-state index in [4.69, 9.17) is 0 Å². The highest BCUT2D eigenvalue weighted by Gasteiger charge is 2.14. The maximum atomic E-state index is 10.5. The Hall–Kier alpha value is -1.38. The fraction of sp³-hybridized carbons (Fsp3) is 0.333. The van der Waals surface area contributed by atoms with E-state index in [1.807, 2.05) is 6.92 Å². The molecule has 0 spiro atoms. The highest BCUT2D eigenvalue weighted by molar-refractivity contribution is 5.47. The molecule has 0 bridgehead atoms. The summed E-state index contributed by atoms with van der Waals surface area (Å²) >= 11 is 0. The molecule has 1 rings (SSSR count).